The molecule has 2 aromatic rings. The van der Waals surface area contributed by atoms with Crippen LogP contribution < -0.4 is 0 Å². The molecule has 0 atom stereocenters. The Morgan fingerprint density at radius 1 is 1.50 bits per heavy atom. The summed E-state index contributed by atoms with van der Waals surface area (Å²) < 4.78 is 2.45. The van der Waals surface area contributed by atoms with Gasteiger partial charge >= 0.3 is 0 Å². The van der Waals surface area contributed by atoms with E-state index in [1.807, 2.05) is 24.2 Å². The van der Waals surface area contributed by atoms with Crippen LogP contribution in [0.4, 0.5) is 0 Å². The molecule has 0 radical (unpaired) electrons. The van der Waals surface area contributed by atoms with Gasteiger partial charge in [-0.25, -0.2) is 0 Å². The van der Waals surface area contributed by atoms with Crippen LogP contribution in [0.5, 0.6) is 0 Å². The van der Waals surface area contributed by atoms with Crippen molar-refractivity contribution in [1.82, 2.24) is 9.55 Å². The monoisotopic (exact) mass is 232 g/mol. The maximum Gasteiger partial charge on any atom is 0.0680 e. The van der Waals surface area contributed by atoms with Gasteiger partial charge < -0.3 is 4.57 Å². The minimum atomic E-state index is 0.907. The van der Waals surface area contributed by atoms with Crippen molar-refractivity contribution in [3.05, 3.63) is 24.2 Å². The molecule has 0 bridgehead atoms. The van der Waals surface area contributed by atoms with Crippen LogP contribution in [0.15, 0.2) is 23.4 Å². The van der Waals surface area contributed by atoms with E-state index in [-0.39, 0.29) is 0 Å². The summed E-state index contributed by atoms with van der Waals surface area (Å²) in [7, 11) is 0. The van der Waals surface area contributed by atoms with E-state index >= 15 is 0 Å². The van der Waals surface area contributed by atoms with Crippen LogP contribution in [0.25, 0.3) is 10.9 Å². The predicted octanol–water partition coefficient (Wildman–Crippen LogP) is 3.48. The van der Waals surface area contributed by atoms with Crippen molar-refractivity contribution in [2.75, 3.05) is 6.26 Å². The number of aromatic nitrogens is 2. The third kappa shape index (κ3) is 1.54. The topological polar surface area (TPSA) is 17.8 Å². The summed E-state index contributed by atoms with van der Waals surface area (Å²) >= 11 is 1.84. The summed E-state index contributed by atoms with van der Waals surface area (Å²) in [6.07, 6.45) is 8.85. The molecule has 0 aromatic carbocycles. The van der Waals surface area contributed by atoms with E-state index in [0.717, 1.165) is 5.92 Å². The van der Waals surface area contributed by atoms with E-state index in [9.17, 15) is 0 Å². The number of hydrogen-bond acceptors (Lipinski definition) is 2. The molecule has 3 heteroatoms. The van der Waals surface area contributed by atoms with Crippen LogP contribution in [0.1, 0.15) is 18.5 Å². The first-order valence-corrected chi connectivity index (χ1v) is 7.00. The van der Waals surface area contributed by atoms with Gasteiger partial charge in [0.1, 0.15) is 0 Å². The lowest BCUT2D eigenvalue weighted by atomic mass is 10.3. The van der Waals surface area contributed by atoms with Gasteiger partial charge in [-0.2, -0.15) is 0 Å². The highest BCUT2D eigenvalue weighted by molar-refractivity contribution is 7.98. The van der Waals surface area contributed by atoms with E-state index in [0.29, 0.717) is 0 Å². The minimum Gasteiger partial charge on any atom is -0.342 e. The Hall–Kier alpha value is -0.960. The molecular weight excluding hydrogens is 216 g/mol. The Balaban J connectivity index is 2.20. The highest BCUT2D eigenvalue weighted by Gasteiger charge is 2.24. The molecule has 2 nitrogen and oxygen atoms in total. The largest absolute Gasteiger partial charge is 0.342 e. The lowest BCUT2D eigenvalue weighted by Crippen LogP contribution is -2.01. The molecular formula is C13H16N2S. The van der Waals surface area contributed by atoms with Crippen molar-refractivity contribution in [3.63, 3.8) is 0 Å². The fraction of sp³-hybridized carbons (Fsp3) is 0.462. The number of fused-ring (bicyclic) bond motifs is 1. The Morgan fingerprint density at radius 3 is 3.00 bits per heavy atom. The van der Waals surface area contributed by atoms with E-state index in [1.54, 1.807) is 0 Å². The summed E-state index contributed by atoms with van der Waals surface area (Å²) in [5.74, 6) is 0.907. The first-order valence-electron chi connectivity index (χ1n) is 5.78. The predicted molar refractivity (Wildman–Crippen MR) is 69.0 cm³/mol. The molecule has 0 aliphatic heterocycles. The number of nitrogens with zero attached hydrogens (tertiary/aromatic N) is 2. The minimum absolute atomic E-state index is 0.907. The second-order valence-corrected chi connectivity index (χ2v) is 5.38. The molecule has 0 N–H and O–H groups in total. The zero-order chi connectivity index (χ0) is 11.1. The number of hydrogen-bond donors (Lipinski definition) is 0. The fourth-order valence-electron chi connectivity index (χ4n) is 2.34. The third-order valence-corrected chi connectivity index (χ3v) is 4.33. The molecule has 1 saturated carbocycles. The van der Waals surface area contributed by atoms with Gasteiger partial charge in [0.2, 0.25) is 0 Å². The number of rotatable bonds is 3. The normalized spacial score (nSPS) is 15.9. The molecule has 2 heterocycles. The van der Waals surface area contributed by atoms with Crippen LogP contribution in [0.2, 0.25) is 0 Å². The van der Waals surface area contributed by atoms with Crippen molar-refractivity contribution in [3.8, 4) is 0 Å². The lowest BCUT2D eigenvalue weighted by Gasteiger charge is -2.06. The van der Waals surface area contributed by atoms with Crippen LogP contribution in [0.3, 0.4) is 0 Å². The SMILES string of the molecule is CSc1c(C)n(CC2CC2)c2cnccc12. The van der Waals surface area contributed by atoms with Crippen LogP contribution >= 0.6 is 11.8 Å². The number of pyridine rings is 1. The summed E-state index contributed by atoms with van der Waals surface area (Å²) in [5.41, 5.74) is 2.71. The first-order chi connectivity index (χ1) is 7.81. The molecule has 1 aliphatic rings. The van der Waals surface area contributed by atoms with Gasteiger partial charge in [-0.15, -0.1) is 11.8 Å². The number of thioether (sulfide) groups is 1. The first kappa shape index (κ1) is 10.2. The Morgan fingerprint density at radius 2 is 2.31 bits per heavy atom. The highest BCUT2D eigenvalue weighted by Crippen LogP contribution is 2.36. The molecule has 3 rings (SSSR count). The van der Waals surface area contributed by atoms with Gasteiger partial charge in [-0.1, -0.05) is 0 Å². The molecule has 16 heavy (non-hydrogen) atoms. The maximum absolute atomic E-state index is 4.26. The summed E-state index contributed by atoms with van der Waals surface area (Å²) in [4.78, 5) is 5.67. The maximum atomic E-state index is 4.26. The van der Waals surface area contributed by atoms with Gasteiger partial charge in [0.15, 0.2) is 0 Å². The Bertz CT molecular complexity index is 526. The van der Waals surface area contributed by atoms with Crippen LogP contribution in [-0.4, -0.2) is 15.8 Å². The van der Waals surface area contributed by atoms with Gasteiger partial charge in [-0.05, 0) is 38.0 Å². The van der Waals surface area contributed by atoms with Crippen LogP contribution in [0, 0.1) is 12.8 Å². The molecule has 0 unspecified atom stereocenters. The highest BCUT2D eigenvalue weighted by atomic mass is 32.2. The molecule has 0 amide bonds. The second kappa shape index (κ2) is 3.81. The van der Waals surface area contributed by atoms with E-state index in [2.05, 4.69) is 28.8 Å². The molecule has 1 fully saturated rings. The van der Waals surface area contributed by atoms with Crippen molar-refractivity contribution < 1.29 is 0 Å². The van der Waals surface area contributed by atoms with E-state index in [1.165, 1.54) is 40.9 Å². The summed E-state index contributed by atoms with van der Waals surface area (Å²) in [6, 6.07) is 2.14. The smallest absolute Gasteiger partial charge is 0.0680 e. The summed E-state index contributed by atoms with van der Waals surface area (Å²) in [6.45, 7) is 3.41. The van der Waals surface area contributed by atoms with Crippen molar-refractivity contribution in [2.24, 2.45) is 5.92 Å². The second-order valence-electron chi connectivity index (χ2n) is 4.57. The van der Waals surface area contributed by atoms with Gasteiger partial charge in [0.25, 0.3) is 0 Å². The van der Waals surface area contributed by atoms with Gasteiger partial charge in [0, 0.05) is 28.7 Å². The van der Waals surface area contributed by atoms with Crippen molar-refractivity contribution >= 4 is 22.7 Å². The quantitative estimate of drug-likeness (QED) is 0.754. The molecule has 2 aromatic heterocycles. The standard InChI is InChI=1S/C13H16N2S/c1-9-13(16-2)11-5-6-14-7-12(11)15(9)8-10-3-4-10/h5-7,10H,3-4,8H2,1-2H3. The van der Waals surface area contributed by atoms with Crippen LogP contribution in [-0.2, 0) is 6.54 Å². The zero-order valence-corrected chi connectivity index (χ0v) is 10.5. The Labute approximate surface area is 100 Å². The van der Waals surface area contributed by atoms with Gasteiger partial charge in [-0.3, -0.25) is 4.98 Å². The molecule has 0 saturated heterocycles. The molecule has 1 aliphatic carbocycles. The van der Waals surface area contributed by atoms with E-state index < -0.39 is 0 Å². The fourth-order valence-corrected chi connectivity index (χ4v) is 3.14. The Kier molecular flexibility index (Phi) is 2.43. The summed E-state index contributed by atoms with van der Waals surface area (Å²) in [5, 5.41) is 1.36. The lowest BCUT2D eigenvalue weighted by molar-refractivity contribution is 0.629. The van der Waals surface area contributed by atoms with E-state index in [4.69, 9.17) is 0 Å². The molecule has 0 spiro atoms. The van der Waals surface area contributed by atoms with Gasteiger partial charge in [0.05, 0.1) is 11.7 Å². The third-order valence-electron chi connectivity index (χ3n) is 3.41. The van der Waals surface area contributed by atoms with Crippen molar-refractivity contribution in [1.29, 1.82) is 0 Å². The average Bonchev–Trinajstić information content (AvgIpc) is 3.07. The zero-order valence-electron chi connectivity index (χ0n) is 9.73. The van der Waals surface area contributed by atoms with Crippen molar-refractivity contribution in [2.45, 2.75) is 31.2 Å². The molecule has 84 valence electrons. The average molecular weight is 232 g/mol.